The minimum Gasteiger partial charge on any atom is -0.507 e. The van der Waals surface area contributed by atoms with Crippen molar-refractivity contribution in [2.75, 3.05) is 7.11 Å². The number of amidine groups is 1. The molecule has 5 rings (SSSR count). The summed E-state index contributed by atoms with van der Waals surface area (Å²) >= 11 is 10.6. The molecule has 3 aromatic rings. The van der Waals surface area contributed by atoms with Crippen LogP contribution in [0.15, 0.2) is 86.2 Å². The van der Waals surface area contributed by atoms with Crippen molar-refractivity contribution >= 4 is 62.2 Å². The molecular formula is C26H19BrClN3O3S. The van der Waals surface area contributed by atoms with Gasteiger partial charge in [0.1, 0.15) is 11.5 Å². The maximum Gasteiger partial charge on any atom is 0.311 e. The average molecular weight is 569 g/mol. The standard InChI is InChI=1S/C26H19BrClN3O3S/c1-34-20-9-4-15(5-10-20)21-14-22(16-2-7-19(28)8-3-16)31(30-21)25-24(35-26(33)29-25)13-17-12-18(27)6-11-23(17)32/h2-13,22,32H,14H2,1H3/b24-13-. The van der Waals surface area contributed by atoms with E-state index >= 15 is 0 Å². The summed E-state index contributed by atoms with van der Waals surface area (Å²) in [5, 5.41) is 17.4. The lowest BCUT2D eigenvalue weighted by Gasteiger charge is -2.24. The quantitative estimate of drug-likeness (QED) is 0.358. The number of aliphatic imine (C=N–C) groups is 1. The Morgan fingerprint density at radius 1 is 1.14 bits per heavy atom. The molecule has 6 nitrogen and oxygen atoms in total. The highest BCUT2D eigenvalue weighted by atomic mass is 79.9. The lowest BCUT2D eigenvalue weighted by molar-refractivity contribution is 0.267. The minimum absolute atomic E-state index is 0.109. The van der Waals surface area contributed by atoms with Gasteiger partial charge in [0.25, 0.3) is 0 Å². The first-order valence-corrected chi connectivity index (χ1v) is 12.7. The van der Waals surface area contributed by atoms with Crippen LogP contribution in [0, 0.1) is 0 Å². The molecule has 2 aliphatic heterocycles. The van der Waals surface area contributed by atoms with Gasteiger partial charge >= 0.3 is 5.24 Å². The summed E-state index contributed by atoms with van der Waals surface area (Å²) in [5.74, 6) is 1.32. The van der Waals surface area contributed by atoms with E-state index in [1.165, 1.54) is 0 Å². The van der Waals surface area contributed by atoms with Gasteiger partial charge in [-0.15, -0.1) is 0 Å². The molecule has 1 amide bonds. The third-order valence-electron chi connectivity index (χ3n) is 5.70. The van der Waals surface area contributed by atoms with Gasteiger partial charge in [-0.3, -0.25) is 4.79 Å². The Kier molecular flexibility index (Phi) is 6.69. The summed E-state index contributed by atoms with van der Waals surface area (Å²) in [7, 11) is 1.63. The first-order chi connectivity index (χ1) is 16.9. The summed E-state index contributed by atoms with van der Waals surface area (Å²) in [4.78, 5) is 17.3. The lowest BCUT2D eigenvalue weighted by Crippen LogP contribution is -2.26. The van der Waals surface area contributed by atoms with Crippen molar-refractivity contribution in [2.24, 2.45) is 10.1 Å². The number of carbonyl (C=O) groups excluding carboxylic acids is 1. The van der Waals surface area contributed by atoms with Gasteiger partial charge in [-0.05, 0) is 83.6 Å². The first-order valence-electron chi connectivity index (χ1n) is 10.7. The van der Waals surface area contributed by atoms with Crippen LogP contribution in [0.2, 0.25) is 5.02 Å². The van der Waals surface area contributed by atoms with Gasteiger partial charge in [-0.25, -0.2) is 5.01 Å². The van der Waals surface area contributed by atoms with Crippen LogP contribution in [-0.2, 0) is 0 Å². The first kappa shape index (κ1) is 23.7. The molecule has 176 valence electrons. The molecule has 3 aromatic carbocycles. The number of hydrogen-bond acceptors (Lipinski definition) is 6. The highest BCUT2D eigenvalue weighted by Gasteiger charge is 2.37. The van der Waals surface area contributed by atoms with Gasteiger partial charge in [-0.1, -0.05) is 39.7 Å². The molecule has 0 aliphatic carbocycles. The highest BCUT2D eigenvalue weighted by Crippen LogP contribution is 2.40. The predicted octanol–water partition coefficient (Wildman–Crippen LogP) is 7.27. The molecule has 0 bridgehead atoms. The van der Waals surface area contributed by atoms with E-state index in [-0.39, 0.29) is 17.0 Å². The van der Waals surface area contributed by atoms with Crippen molar-refractivity contribution < 1.29 is 14.6 Å². The number of rotatable bonds is 4. The van der Waals surface area contributed by atoms with E-state index in [9.17, 15) is 9.90 Å². The number of phenols is 1. The van der Waals surface area contributed by atoms with Crippen molar-refractivity contribution in [3.8, 4) is 11.5 Å². The number of carbonyl (C=O) groups is 1. The molecule has 0 fully saturated rings. The molecule has 1 N–H and O–H groups in total. The lowest BCUT2D eigenvalue weighted by atomic mass is 9.98. The summed E-state index contributed by atoms with van der Waals surface area (Å²) in [6.07, 6.45) is 2.37. The number of thioether (sulfide) groups is 1. The molecule has 0 saturated carbocycles. The number of aromatic hydroxyl groups is 1. The van der Waals surface area contributed by atoms with Gasteiger partial charge in [0, 0.05) is 21.5 Å². The van der Waals surface area contributed by atoms with Crippen molar-refractivity contribution in [1.29, 1.82) is 0 Å². The fraction of sp³-hybridized carbons (Fsp3) is 0.115. The Morgan fingerprint density at radius 3 is 2.60 bits per heavy atom. The normalized spacial score (nSPS) is 18.7. The largest absolute Gasteiger partial charge is 0.507 e. The third-order valence-corrected chi connectivity index (χ3v) is 7.23. The molecule has 2 heterocycles. The zero-order valence-corrected chi connectivity index (χ0v) is 21.6. The van der Waals surface area contributed by atoms with E-state index in [1.54, 1.807) is 36.4 Å². The molecular weight excluding hydrogens is 550 g/mol. The third kappa shape index (κ3) is 5.00. The number of hydrazone groups is 1. The molecule has 0 aromatic heterocycles. The van der Waals surface area contributed by atoms with Crippen LogP contribution in [0.3, 0.4) is 0 Å². The maximum absolute atomic E-state index is 12.4. The zero-order chi connectivity index (χ0) is 24.5. The van der Waals surface area contributed by atoms with Crippen molar-refractivity contribution in [2.45, 2.75) is 12.5 Å². The molecule has 2 aliphatic rings. The van der Waals surface area contributed by atoms with E-state index in [4.69, 9.17) is 21.4 Å². The number of amides is 1. The number of benzene rings is 3. The van der Waals surface area contributed by atoms with Crippen LogP contribution in [0.5, 0.6) is 11.5 Å². The second-order valence-electron chi connectivity index (χ2n) is 7.91. The topological polar surface area (TPSA) is 74.5 Å². The summed E-state index contributed by atoms with van der Waals surface area (Å²) in [5.41, 5.74) is 3.40. The summed E-state index contributed by atoms with van der Waals surface area (Å²) in [6, 6.07) is 20.3. The molecule has 0 spiro atoms. The number of halogens is 2. The molecule has 35 heavy (non-hydrogen) atoms. The van der Waals surface area contributed by atoms with Gasteiger partial charge in [0.15, 0.2) is 5.84 Å². The SMILES string of the molecule is COc1ccc(C2=NN(C3=NC(=O)S/C3=C\c3cc(Br)ccc3O)C(c3ccc(Cl)cc3)C2)cc1. The van der Waals surface area contributed by atoms with E-state index in [2.05, 4.69) is 20.9 Å². The Balaban J connectivity index is 1.57. The Labute approximate surface area is 220 Å². The molecule has 1 atom stereocenters. The zero-order valence-electron chi connectivity index (χ0n) is 18.5. The monoisotopic (exact) mass is 567 g/mol. The molecule has 0 saturated heterocycles. The van der Waals surface area contributed by atoms with Crippen LogP contribution in [0.1, 0.15) is 29.2 Å². The van der Waals surface area contributed by atoms with Gasteiger partial charge in [-0.2, -0.15) is 10.1 Å². The van der Waals surface area contributed by atoms with Crippen LogP contribution in [0.25, 0.3) is 6.08 Å². The fourth-order valence-corrected chi connectivity index (χ4v) is 5.19. The van der Waals surface area contributed by atoms with Crippen LogP contribution in [-0.4, -0.2) is 34.0 Å². The number of methoxy groups -OCH3 is 1. The van der Waals surface area contributed by atoms with Gasteiger partial charge < -0.3 is 9.84 Å². The number of phenolic OH excluding ortho intramolecular Hbond substituents is 1. The smallest absolute Gasteiger partial charge is 0.311 e. The molecule has 9 heteroatoms. The second-order valence-corrected chi connectivity index (χ2v) is 10.3. The van der Waals surface area contributed by atoms with Gasteiger partial charge in [0.2, 0.25) is 0 Å². The van der Waals surface area contributed by atoms with E-state index < -0.39 is 0 Å². The summed E-state index contributed by atoms with van der Waals surface area (Å²) in [6.45, 7) is 0. The molecule has 0 radical (unpaired) electrons. The maximum atomic E-state index is 12.4. The number of ether oxygens (including phenoxy) is 1. The van der Waals surface area contributed by atoms with E-state index in [0.29, 0.717) is 27.7 Å². The minimum atomic E-state index is -0.330. The van der Waals surface area contributed by atoms with Crippen LogP contribution >= 0.6 is 39.3 Å². The second kappa shape index (κ2) is 9.89. The van der Waals surface area contributed by atoms with Gasteiger partial charge in [0.05, 0.1) is 23.8 Å². The average Bonchev–Trinajstić information content (AvgIpc) is 3.45. The Morgan fingerprint density at radius 2 is 1.89 bits per heavy atom. The Bertz CT molecular complexity index is 1390. The molecule has 1 unspecified atom stereocenters. The van der Waals surface area contributed by atoms with Crippen molar-refractivity contribution in [3.63, 3.8) is 0 Å². The number of hydrogen-bond donors (Lipinski definition) is 1. The number of nitrogens with zero attached hydrogens (tertiary/aromatic N) is 3. The predicted molar refractivity (Wildman–Crippen MR) is 144 cm³/mol. The fourth-order valence-electron chi connectivity index (χ4n) is 3.95. The highest BCUT2D eigenvalue weighted by molar-refractivity contribution is 9.10. The van der Waals surface area contributed by atoms with Crippen LogP contribution in [0.4, 0.5) is 4.79 Å². The van der Waals surface area contributed by atoms with Crippen LogP contribution < -0.4 is 4.74 Å². The van der Waals surface area contributed by atoms with Crippen molar-refractivity contribution in [3.05, 3.63) is 97.8 Å². The van der Waals surface area contributed by atoms with E-state index in [0.717, 1.165) is 38.8 Å². The van der Waals surface area contributed by atoms with E-state index in [1.807, 2.05) is 48.5 Å². The Hall–Kier alpha value is -3.07. The van der Waals surface area contributed by atoms with Crippen molar-refractivity contribution in [1.82, 2.24) is 5.01 Å². The summed E-state index contributed by atoms with van der Waals surface area (Å²) < 4.78 is 6.10.